The molecule has 1 aromatic heterocycles. The van der Waals surface area contributed by atoms with Gasteiger partial charge in [0.15, 0.2) is 5.13 Å². The van der Waals surface area contributed by atoms with Gasteiger partial charge in [0.25, 0.3) is 5.78 Å². The zero-order valence-corrected chi connectivity index (χ0v) is 20.1. The first-order chi connectivity index (χ1) is 17.4. The van der Waals surface area contributed by atoms with Gasteiger partial charge in [-0.05, 0) is 66.6 Å². The number of benzene rings is 3. The Labute approximate surface area is 210 Å². The lowest BCUT2D eigenvalue weighted by molar-refractivity contribution is -0.132. The number of ketones is 1. The number of Topliss-reactive ketones (excluding diaryl/α,β-unsaturated/α-hetero) is 1. The number of aromatic nitrogens is 1. The fourth-order valence-corrected chi connectivity index (χ4v) is 5.22. The van der Waals surface area contributed by atoms with Crippen LogP contribution in [0.1, 0.15) is 22.7 Å². The molecular formula is C28H21FN2O4S. The quantitative estimate of drug-likeness (QED) is 0.154. The molecule has 0 radical (unpaired) electrons. The van der Waals surface area contributed by atoms with E-state index in [9.17, 15) is 19.1 Å². The van der Waals surface area contributed by atoms with E-state index in [0.717, 1.165) is 10.3 Å². The summed E-state index contributed by atoms with van der Waals surface area (Å²) >= 11 is 1.29. The molecule has 4 aromatic rings. The molecule has 0 saturated carbocycles. The van der Waals surface area contributed by atoms with Gasteiger partial charge in [0, 0.05) is 5.56 Å². The Morgan fingerprint density at radius 2 is 1.86 bits per heavy atom. The number of aliphatic hydroxyl groups excluding tert-OH is 1. The van der Waals surface area contributed by atoms with Crippen molar-refractivity contribution in [3.05, 3.63) is 107 Å². The maximum absolute atomic E-state index is 13.5. The standard InChI is InChI=1S/C28H21FN2O4S/c1-3-14-35-20-11-7-17(8-12-20)24-23(25(32)18-5-9-19(29)10-6-18)26(33)27(34)31(24)28-30-21-13-4-16(2)15-22(21)36-28/h3-13,15,24,32H,1,14H2,2H3. The number of rotatable bonds is 6. The molecule has 6 nitrogen and oxygen atoms in total. The lowest BCUT2D eigenvalue weighted by Gasteiger charge is -2.23. The average molecular weight is 501 g/mol. The molecule has 0 aliphatic carbocycles. The van der Waals surface area contributed by atoms with Crippen LogP contribution in [0.5, 0.6) is 5.75 Å². The van der Waals surface area contributed by atoms with E-state index in [-0.39, 0.29) is 16.9 Å². The van der Waals surface area contributed by atoms with Crippen LogP contribution in [0.15, 0.2) is 85.0 Å². The summed E-state index contributed by atoms with van der Waals surface area (Å²) in [6.45, 7) is 5.92. The molecule has 1 fully saturated rings. The van der Waals surface area contributed by atoms with Gasteiger partial charge in [-0.15, -0.1) is 0 Å². The van der Waals surface area contributed by atoms with E-state index < -0.39 is 23.5 Å². The van der Waals surface area contributed by atoms with Crippen molar-refractivity contribution in [3.63, 3.8) is 0 Å². The first-order valence-corrected chi connectivity index (χ1v) is 12.0. The van der Waals surface area contributed by atoms with Crippen LogP contribution in [0.4, 0.5) is 9.52 Å². The van der Waals surface area contributed by atoms with Gasteiger partial charge >= 0.3 is 5.91 Å². The number of carbonyl (C=O) groups excluding carboxylic acids is 2. The summed E-state index contributed by atoms with van der Waals surface area (Å²) in [7, 11) is 0. The molecule has 36 heavy (non-hydrogen) atoms. The van der Waals surface area contributed by atoms with Crippen LogP contribution < -0.4 is 9.64 Å². The van der Waals surface area contributed by atoms with E-state index >= 15 is 0 Å². The van der Waals surface area contributed by atoms with Crippen LogP contribution in [-0.2, 0) is 9.59 Å². The second kappa shape index (κ2) is 9.39. The minimum absolute atomic E-state index is 0.0956. The number of hydrogen-bond acceptors (Lipinski definition) is 6. The fourth-order valence-electron chi connectivity index (χ4n) is 4.13. The molecule has 1 aliphatic rings. The monoisotopic (exact) mass is 500 g/mol. The summed E-state index contributed by atoms with van der Waals surface area (Å²) in [6.07, 6.45) is 1.63. The van der Waals surface area contributed by atoms with E-state index in [1.54, 1.807) is 30.3 Å². The summed E-state index contributed by atoms with van der Waals surface area (Å²) in [5.41, 5.74) is 2.46. The van der Waals surface area contributed by atoms with Crippen molar-refractivity contribution < 1.29 is 23.8 Å². The van der Waals surface area contributed by atoms with E-state index in [4.69, 9.17) is 4.74 Å². The van der Waals surface area contributed by atoms with Gasteiger partial charge in [0.1, 0.15) is 23.9 Å². The molecule has 0 spiro atoms. The van der Waals surface area contributed by atoms with Gasteiger partial charge in [0.2, 0.25) is 0 Å². The Bertz CT molecular complexity index is 1520. The Morgan fingerprint density at radius 3 is 2.56 bits per heavy atom. The molecule has 1 N–H and O–H groups in total. The molecule has 1 atom stereocenters. The predicted octanol–water partition coefficient (Wildman–Crippen LogP) is 5.93. The van der Waals surface area contributed by atoms with Gasteiger partial charge in [-0.2, -0.15) is 0 Å². The summed E-state index contributed by atoms with van der Waals surface area (Å²) in [5.74, 6) is -1.92. The number of aliphatic hydroxyl groups is 1. The first kappa shape index (κ1) is 23.4. The van der Waals surface area contributed by atoms with Crippen molar-refractivity contribution in [1.29, 1.82) is 0 Å². The molecule has 1 amide bonds. The highest BCUT2D eigenvalue weighted by atomic mass is 32.1. The SMILES string of the molecule is C=CCOc1ccc(C2C(=C(O)c3ccc(F)cc3)C(=O)C(=O)N2c2nc3ccc(C)cc3s2)cc1. The molecular weight excluding hydrogens is 479 g/mol. The van der Waals surface area contributed by atoms with Gasteiger partial charge in [0.05, 0.1) is 21.8 Å². The summed E-state index contributed by atoms with van der Waals surface area (Å²) in [4.78, 5) is 32.6. The van der Waals surface area contributed by atoms with E-state index in [0.29, 0.717) is 28.6 Å². The Morgan fingerprint density at radius 1 is 1.14 bits per heavy atom. The summed E-state index contributed by atoms with van der Waals surface area (Å²) in [6, 6.07) is 16.8. The Hall–Kier alpha value is -4.30. The van der Waals surface area contributed by atoms with Gasteiger partial charge in [-0.25, -0.2) is 9.37 Å². The zero-order chi connectivity index (χ0) is 25.4. The van der Waals surface area contributed by atoms with Crippen molar-refractivity contribution in [2.75, 3.05) is 11.5 Å². The van der Waals surface area contributed by atoms with Gasteiger partial charge in [-0.3, -0.25) is 14.5 Å². The highest BCUT2D eigenvalue weighted by Gasteiger charge is 2.48. The van der Waals surface area contributed by atoms with Crippen LogP contribution in [-0.4, -0.2) is 28.4 Å². The number of ether oxygens (including phenoxy) is 1. The maximum atomic E-state index is 13.5. The third kappa shape index (κ3) is 4.16. The van der Waals surface area contributed by atoms with Crippen molar-refractivity contribution in [2.24, 2.45) is 0 Å². The average Bonchev–Trinajstić information content (AvgIpc) is 3.40. The molecule has 0 bridgehead atoms. The second-order valence-corrected chi connectivity index (χ2v) is 9.32. The Kier molecular flexibility index (Phi) is 6.12. The van der Waals surface area contributed by atoms with Crippen LogP contribution >= 0.6 is 11.3 Å². The zero-order valence-electron chi connectivity index (χ0n) is 19.3. The molecule has 2 heterocycles. The Balaban J connectivity index is 1.68. The predicted molar refractivity (Wildman–Crippen MR) is 138 cm³/mol. The largest absolute Gasteiger partial charge is 0.507 e. The van der Waals surface area contributed by atoms with Crippen molar-refractivity contribution >= 4 is 44.1 Å². The molecule has 180 valence electrons. The second-order valence-electron chi connectivity index (χ2n) is 8.31. The summed E-state index contributed by atoms with van der Waals surface area (Å²) in [5, 5.41) is 11.5. The lowest BCUT2D eigenvalue weighted by Crippen LogP contribution is -2.29. The number of nitrogens with zero attached hydrogens (tertiary/aromatic N) is 2. The van der Waals surface area contributed by atoms with E-state index in [1.807, 2.05) is 25.1 Å². The first-order valence-electron chi connectivity index (χ1n) is 11.1. The third-order valence-electron chi connectivity index (χ3n) is 5.86. The van der Waals surface area contributed by atoms with Gasteiger partial charge in [-0.1, -0.05) is 42.2 Å². The number of carbonyl (C=O) groups is 2. The minimum Gasteiger partial charge on any atom is -0.507 e. The van der Waals surface area contributed by atoms with Crippen LogP contribution in [0.3, 0.4) is 0 Å². The van der Waals surface area contributed by atoms with Crippen molar-refractivity contribution in [3.8, 4) is 5.75 Å². The highest BCUT2D eigenvalue weighted by Crippen LogP contribution is 2.44. The number of fused-ring (bicyclic) bond motifs is 1. The lowest BCUT2D eigenvalue weighted by atomic mass is 9.95. The number of thiazole rings is 1. The van der Waals surface area contributed by atoms with E-state index in [1.165, 1.54) is 40.5 Å². The fraction of sp³-hybridized carbons (Fsp3) is 0.107. The number of aryl methyl sites for hydroxylation is 1. The number of halogens is 1. The molecule has 1 saturated heterocycles. The van der Waals surface area contributed by atoms with Crippen LogP contribution in [0.25, 0.3) is 16.0 Å². The number of anilines is 1. The smallest absolute Gasteiger partial charge is 0.301 e. The molecule has 1 aliphatic heterocycles. The molecule has 3 aromatic carbocycles. The maximum Gasteiger partial charge on any atom is 0.301 e. The topological polar surface area (TPSA) is 79.7 Å². The molecule has 8 heteroatoms. The normalized spacial score (nSPS) is 17.1. The van der Waals surface area contributed by atoms with Crippen LogP contribution in [0, 0.1) is 12.7 Å². The third-order valence-corrected chi connectivity index (χ3v) is 6.88. The minimum atomic E-state index is -0.940. The van der Waals surface area contributed by atoms with Crippen molar-refractivity contribution in [2.45, 2.75) is 13.0 Å². The van der Waals surface area contributed by atoms with Crippen LogP contribution in [0.2, 0.25) is 0 Å². The number of hydrogen-bond donors (Lipinski definition) is 1. The van der Waals surface area contributed by atoms with Crippen molar-refractivity contribution in [1.82, 2.24) is 4.98 Å². The van der Waals surface area contributed by atoms with Gasteiger partial charge < -0.3 is 9.84 Å². The number of amides is 1. The summed E-state index contributed by atoms with van der Waals surface area (Å²) < 4.78 is 19.9. The molecule has 1 unspecified atom stereocenters. The molecule has 5 rings (SSSR count). The highest BCUT2D eigenvalue weighted by molar-refractivity contribution is 7.22. The van der Waals surface area contributed by atoms with E-state index in [2.05, 4.69) is 11.6 Å².